The molecular weight excluding hydrogens is 649 g/mol. The molecule has 2 amide bonds. The third kappa shape index (κ3) is 5.32. The third-order valence-electron chi connectivity index (χ3n) is 8.08. The standard InChI is InChI=1S/C31H24F5N5O5S/c1-30(28(37)43)13-46-26-18(30)8-23(39-25(26)17-7-20(33)21(34)9-19(17)32)31(44,16-3-4-47-11-16)12-38-27(42)14-5-15-10-41(29(35)36)40-24(15)22(6-14)45-2/h3-11,29,44H,12-13H2,1-2H3,(H2,37,43)(H,38,42)/t30-,31+/m0/s1. The first kappa shape index (κ1) is 31.9. The number of fused-ring (bicyclic) bond motifs is 2. The van der Waals surface area contributed by atoms with Crippen LogP contribution in [0.1, 0.15) is 40.7 Å². The van der Waals surface area contributed by atoms with Gasteiger partial charge in [-0.25, -0.2) is 22.8 Å². The highest BCUT2D eigenvalue weighted by molar-refractivity contribution is 7.08. The van der Waals surface area contributed by atoms with Crippen LogP contribution >= 0.6 is 11.3 Å². The number of nitrogens with zero attached hydrogens (tertiary/aromatic N) is 3. The molecule has 4 heterocycles. The lowest BCUT2D eigenvalue weighted by atomic mass is 9.81. The summed E-state index contributed by atoms with van der Waals surface area (Å²) in [6, 6.07) is 6.38. The maximum absolute atomic E-state index is 15.1. The van der Waals surface area contributed by atoms with E-state index in [1.807, 2.05) is 0 Å². The molecule has 0 fully saturated rings. The van der Waals surface area contributed by atoms with Crippen molar-refractivity contribution in [3.05, 3.63) is 93.2 Å². The molecule has 3 aromatic heterocycles. The molecule has 10 nitrogen and oxygen atoms in total. The van der Waals surface area contributed by atoms with Gasteiger partial charge in [-0.3, -0.25) is 9.59 Å². The fourth-order valence-corrected chi connectivity index (χ4v) is 6.07. The number of aliphatic hydroxyl groups is 1. The molecule has 16 heteroatoms. The summed E-state index contributed by atoms with van der Waals surface area (Å²) in [6.45, 7) is -2.32. The first-order valence-corrected chi connectivity index (χ1v) is 14.7. The Morgan fingerprint density at radius 2 is 1.94 bits per heavy atom. The van der Waals surface area contributed by atoms with Crippen molar-refractivity contribution >= 4 is 34.1 Å². The number of benzene rings is 2. The molecule has 0 saturated carbocycles. The molecule has 1 aliphatic heterocycles. The summed E-state index contributed by atoms with van der Waals surface area (Å²) in [5, 5.41) is 22.1. The Morgan fingerprint density at radius 3 is 2.60 bits per heavy atom. The van der Waals surface area contributed by atoms with Crippen LogP contribution in [0.2, 0.25) is 0 Å². The van der Waals surface area contributed by atoms with Gasteiger partial charge in [0, 0.05) is 39.9 Å². The van der Waals surface area contributed by atoms with Gasteiger partial charge >= 0.3 is 6.55 Å². The van der Waals surface area contributed by atoms with Crippen LogP contribution in [-0.2, 0) is 15.8 Å². The van der Waals surface area contributed by atoms with Crippen LogP contribution in [0.15, 0.2) is 53.4 Å². The number of methoxy groups -OCH3 is 1. The first-order valence-electron chi connectivity index (χ1n) is 13.8. The van der Waals surface area contributed by atoms with Crippen molar-refractivity contribution in [1.82, 2.24) is 20.1 Å². The van der Waals surface area contributed by atoms with Gasteiger partial charge in [0.15, 0.2) is 11.6 Å². The maximum Gasteiger partial charge on any atom is 0.333 e. The van der Waals surface area contributed by atoms with Crippen LogP contribution < -0.4 is 20.5 Å². The summed E-state index contributed by atoms with van der Waals surface area (Å²) < 4.78 is 81.3. The van der Waals surface area contributed by atoms with Gasteiger partial charge in [-0.15, -0.1) is 0 Å². The highest BCUT2D eigenvalue weighted by Gasteiger charge is 2.46. The summed E-state index contributed by atoms with van der Waals surface area (Å²) in [5.74, 6) is -5.68. The molecule has 5 aromatic rings. The average Bonchev–Trinajstić information content (AvgIpc) is 3.81. The summed E-state index contributed by atoms with van der Waals surface area (Å²) >= 11 is 1.20. The van der Waals surface area contributed by atoms with Gasteiger partial charge in [-0.05, 0) is 48.0 Å². The topological polar surface area (TPSA) is 142 Å². The molecular formula is C31H24F5N5O5S. The fraction of sp³-hybridized carbons (Fsp3) is 0.226. The lowest BCUT2D eigenvalue weighted by Gasteiger charge is -2.29. The summed E-state index contributed by atoms with van der Waals surface area (Å²) in [6.07, 6.45) is 1.05. The van der Waals surface area contributed by atoms with Gasteiger partial charge in [0.05, 0.1) is 19.3 Å². The molecule has 0 bridgehead atoms. The molecule has 2 aromatic carbocycles. The van der Waals surface area contributed by atoms with Crippen LogP contribution in [0, 0.1) is 17.5 Å². The van der Waals surface area contributed by atoms with E-state index in [1.54, 1.807) is 16.8 Å². The van der Waals surface area contributed by atoms with E-state index in [0.29, 0.717) is 16.8 Å². The van der Waals surface area contributed by atoms with E-state index < -0.39 is 58.9 Å². The summed E-state index contributed by atoms with van der Waals surface area (Å²) in [5.41, 5.74) is 1.39. The number of hydrogen-bond acceptors (Lipinski definition) is 8. The van der Waals surface area contributed by atoms with Crippen molar-refractivity contribution in [2.45, 2.75) is 24.5 Å². The van der Waals surface area contributed by atoms with E-state index in [4.69, 9.17) is 15.2 Å². The zero-order chi connectivity index (χ0) is 33.8. The number of halogens is 5. The van der Waals surface area contributed by atoms with Crippen LogP contribution in [0.5, 0.6) is 11.5 Å². The number of alkyl halides is 2. The van der Waals surface area contributed by atoms with Crippen molar-refractivity contribution in [1.29, 1.82) is 0 Å². The molecule has 6 rings (SSSR count). The lowest BCUT2D eigenvalue weighted by molar-refractivity contribution is -0.123. The second-order valence-electron chi connectivity index (χ2n) is 11.0. The molecule has 47 heavy (non-hydrogen) atoms. The number of carbonyl (C=O) groups is 2. The van der Waals surface area contributed by atoms with Gasteiger partial charge in [0.25, 0.3) is 5.91 Å². The minimum absolute atomic E-state index is 0.0167. The van der Waals surface area contributed by atoms with E-state index in [2.05, 4.69) is 15.4 Å². The van der Waals surface area contributed by atoms with E-state index >= 15 is 4.39 Å². The highest BCUT2D eigenvalue weighted by atomic mass is 32.1. The van der Waals surface area contributed by atoms with Crippen molar-refractivity contribution in [2.24, 2.45) is 5.73 Å². The lowest BCUT2D eigenvalue weighted by Crippen LogP contribution is -2.43. The number of carbonyl (C=O) groups excluding carboxylic acids is 2. The molecule has 0 spiro atoms. The largest absolute Gasteiger partial charge is 0.494 e. The molecule has 4 N–H and O–H groups in total. The Balaban J connectivity index is 1.46. The van der Waals surface area contributed by atoms with Crippen LogP contribution in [0.3, 0.4) is 0 Å². The quantitative estimate of drug-likeness (QED) is 0.151. The predicted octanol–water partition coefficient (Wildman–Crippen LogP) is 4.78. The molecule has 244 valence electrons. The molecule has 0 saturated heterocycles. The Hall–Kier alpha value is -5.09. The number of ether oxygens (including phenoxy) is 2. The molecule has 1 aliphatic rings. The smallest absolute Gasteiger partial charge is 0.333 e. The number of nitrogens with two attached hydrogens (primary N) is 1. The molecule has 0 aliphatic carbocycles. The molecule has 2 atom stereocenters. The van der Waals surface area contributed by atoms with Gasteiger partial charge in [-0.1, -0.05) is 0 Å². The summed E-state index contributed by atoms with van der Waals surface area (Å²) in [4.78, 5) is 30.5. The summed E-state index contributed by atoms with van der Waals surface area (Å²) in [7, 11) is 1.28. The zero-order valence-corrected chi connectivity index (χ0v) is 25.3. The fourth-order valence-electron chi connectivity index (χ4n) is 5.34. The number of pyridine rings is 1. The maximum atomic E-state index is 15.1. The number of hydrogen-bond donors (Lipinski definition) is 3. The Bertz CT molecular complexity index is 2060. The number of amides is 2. The van der Waals surface area contributed by atoms with Gasteiger partial charge in [0.1, 0.15) is 46.1 Å². The zero-order valence-electron chi connectivity index (χ0n) is 24.5. The van der Waals surface area contributed by atoms with E-state index in [-0.39, 0.29) is 57.1 Å². The number of rotatable bonds is 9. The molecule has 0 unspecified atom stereocenters. The van der Waals surface area contributed by atoms with Gasteiger partial charge < -0.3 is 25.6 Å². The number of nitrogens with one attached hydrogen (secondary N) is 1. The normalized spacial score (nSPS) is 17.0. The predicted molar refractivity (Wildman–Crippen MR) is 159 cm³/mol. The van der Waals surface area contributed by atoms with E-state index in [0.717, 1.165) is 6.20 Å². The SMILES string of the molecule is COc1cc(C(=O)NC[C@@](O)(c2ccsc2)c2cc3c(c(-c4cc(F)c(F)cc4F)n2)OC[C@]3(C)C(N)=O)cc2cn(C(F)F)nc12. The van der Waals surface area contributed by atoms with Gasteiger partial charge in [0.2, 0.25) is 5.91 Å². The van der Waals surface area contributed by atoms with Gasteiger partial charge in [-0.2, -0.15) is 25.2 Å². The second-order valence-corrected chi connectivity index (χ2v) is 11.8. The monoisotopic (exact) mass is 673 g/mol. The van der Waals surface area contributed by atoms with Crippen LogP contribution in [0.25, 0.3) is 22.2 Å². The number of aromatic nitrogens is 3. The minimum Gasteiger partial charge on any atom is -0.494 e. The average molecular weight is 674 g/mol. The highest BCUT2D eigenvalue weighted by Crippen LogP contribution is 2.47. The van der Waals surface area contributed by atoms with E-state index in [1.165, 1.54) is 43.6 Å². The van der Waals surface area contributed by atoms with E-state index in [9.17, 15) is 32.3 Å². The van der Waals surface area contributed by atoms with Crippen LogP contribution in [0.4, 0.5) is 22.0 Å². The second kappa shape index (κ2) is 11.6. The number of primary amides is 1. The first-order chi connectivity index (χ1) is 22.3. The minimum atomic E-state index is -2.93. The Labute approximate surface area is 266 Å². The van der Waals surface area contributed by atoms with Crippen molar-refractivity contribution in [3.63, 3.8) is 0 Å². The van der Waals surface area contributed by atoms with Crippen molar-refractivity contribution < 1.29 is 46.1 Å². The van der Waals surface area contributed by atoms with Crippen LogP contribution in [-0.4, -0.2) is 51.9 Å². The Morgan fingerprint density at radius 1 is 1.19 bits per heavy atom. The Kier molecular flexibility index (Phi) is 7.88. The third-order valence-corrected chi connectivity index (χ3v) is 8.77. The van der Waals surface area contributed by atoms with Crippen molar-refractivity contribution in [2.75, 3.05) is 20.3 Å². The van der Waals surface area contributed by atoms with Crippen molar-refractivity contribution in [3.8, 4) is 22.8 Å². The molecule has 0 radical (unpaired) electrons. The number of thiophene rings is 1.